The number of nitro groups is 1. The van der Waals surface area contributed by atoms with Crippen molar-refractivity contribution >= 4 is 40.5 Å². The number of esters is 1. The minimum atomic E-state index is -0.893. The summed E-state index contributed by atoms with van der Waals surface area (Å²) in [6.45, 7) is -0.324. The normalized spacial score (nSPS) is 10.2. The van der Waals surface area contributed by atoms with E-state index in [0.29, 0.717) is 22.1 Å². The summed E-state index contributed by atoms with van der Waals surface area (Å²) in [6.07, 6.45) is 0. The average molecular weight is 470 g/mol. The quantitative estimate of drug-likeness (QED) is 0.265. The standard InChI is InChI=1S/C23H20ClN3O6/c1-32-21-9-5-4-8-20(21)26-22(28)14-33-23(29)17-12-16(27(30)31)10-11-19(17)25-13-15-6-2-3-7-18(15)24/h2-12,25H,13-14H2,1H3,(H,26,28). The second kappa shape index (κ2) is 11.0. The van der Waals surface area contributed by atoms with E-state index in [1.54, 1.807) is 42.5 Å². The Morgan fingerprint density at radius 2 is 1.76 bits per heavy atom. The fourth-order valence-electron chi connectivity index (χ4n) is 2.94. The minimum Gasteiger partial charge on any atom is -0.495 e. The highest BCUT2D eigenvalue weighted by molar-refractivity contribution is 6.31. The van der Waals surface area contributed by atoms with Gasteiger partial charge in [-0.25, -0.2) is 4.79 Å². The fraction of sp³-hybridized carbons (Fsp3) is 0.130. The van der Waals surface area contributed by atoms with Gasteiger partial charge >= 0.3 is 5.97 Å². The van der Waals surface area contributed by atoms with Gasteiger partial charge in [-0.1, -0.05) is 41.9 Å². The largest absolute Gasteiger partial charge is 0.495 e. The number of benzene rings is 3. The molecule has 33 heavy (non-hydrogen) atoms. The number of non-ortho nitro benzene ring substituents is 1. The number of nitrogens with one attached hydrogen (secondary N) is 2. The first-order chi connectivity index (χ1) is 15.9. The Hall–Kier alpha value is -4.11. The summed E-state index contributed by atoms with van der Waals surface area (Å²) in [5.74, 6) is -1.04. The van der Waals surface area contributed by atoms with Crippen LogP contribution in [0.2, 0.25) is 5.02 Å². The monoisotopic (exact) mass is 469 g/mol. The molecule has 0 saturated carbocycles. The molecule has 3 aromatic rings. The van der Waals surface area contributed by atoms with Crippen LogP contribution in [0, 0.1) is 10.1 Å². The van der Waals surface area contributed by atoms with Crippen LogP contribution in [-0.2, 0) is 16.1 Å². The number of amides is 1. The first kappa shape index (κ1) is 23.6. The number of nitro benzene ring substituents is 1. The van der Waals surface area contributed by atoms with Gasteiger partial charge in [-0.2, -0.15) is 0 Å². The summed E-state index contributed by atoms with van der Waals surface area (Å²) in [7, 11) is 1.46. The Morgan fingerprint density at radius 3 is 2.48 bits per heavy atom. The van der Waals surface area contributed by atoms with Crippen LogP contribution in [0.15, 0.2) is 66.7 Å². The SMILES string of the molecule is COc1ccccc1NC(=O)COC(=O)c1cc([N+](=O)[O-])ccc1NCc1ccccc1Cl. The predicted octanol–water partition coefficient (Wildman–Crippen LogP) is 4.66. The van der Waals surface area contributed by atoms with Gasteiger partial charge in [0.1, 0.15) is 5.75 Å². The van der Waals surface area contributed by atoms with E-state index in [2.05, 4.69) is 10.6 Å². The average Bonchev–Trinajstić information content (AvgIpc) is 2.82. The summed E-state index contributed by atoms with van der Waals surface area (Å²) < 4.78 is 10.3. The van der Waals surface area contributed by atoms with Crippen LogP contribution < -0.4 is 15.4 Å². The summed E-state index contributed by atoms with van der Waals surface area (Å²) in [5, 5.41) is 17.3. The Balaban J connectivity index is 1.72. The van der Waals surface area contributed by atoms with Crippen molar-refractivity contribution in [1.29, 1.82) is 0 Å². The van der Waals surface area contributed by atoms with Gasteiger partial charge in [0.2, 0.25) is 0 Å². The molecule has 0 spiro atoms. The number of ether oxygens (including phenoxy) is 2. The molecule has 3 rings (SSSR count). The highest BCUT2D eigenvalue weighted by Crippen LogP contribution is 2.25. The Kier molecular flexibility index (Phi) is 7.82. The van der Waals surface area contributed by atoms with Crippen LogP contribution in [-0.4, -0.2) is 30.5 Å². The van der Waals surface area contributed by atoms with E-state index < -0.39 is 23.4 Å². The van der Waals surface area contributed by atoms with Gasteiger partial charge in [-0.05, 0) is 29.8 Å². The molecule has 0 bridgehead atoms. The molecule has 0 aliphatic rings. The van der Waals surface area contributed by atoms with E-state index in [0.717, 1.165) is 11.6 Å². The first-order valence-corrected chi connectivity index (χ1v) is 10.1. The van der Waals surface area contributed by atoms with Gasteiger partial charge < -0.3 is 20.1 Å². The number of carbonyl (C=O) groups excluding carboxylic acids is 2. The maximum absolute atomic E-state index is 12.7. The van der Waals surface area contributed by atoms with Crippen LogP contribution in [0.25, 0.3) is 0 Å². The molecule has 0 aliphatic carbocycles. The Morgan fingerprint density at radius 1 is 1.03 bits per heavy atom. The molecular formula is C23H20ClN3O6. The second-order valence-electron chi connectivity index (χ2n) is 6.76. The maximum Gasteiger partial charge on any atom is 0.341 e. The van der Waals surface area contributed by atoms with Crippen LogP contribution >= 0.6 is 11.6 Å². The van der Waals surface area contributed by atoms with Crippen molar-refractivity contribution in [3.63, 3.8) is 0 Å². The molecule has 10 heteroatoms. The van der Waals surface area contributed by atoms with Crippen LogP contribution in [0.5, 0.6) is 5.75 Å². The second-order valence-corrected chi connectivity index (χ2v) is 7.16. The lowest BCUT2D eigenvalue weighted by atomic mass is 10.1. The maximum atomic E-state index is 12.7. The number of nitrogens with zero attached hydrogens (tertiary/aromatic N) is 1. The van der Waals surface area contributed by atoms with Gasteiger partial charge in [0.25, 0.3) is 11.6 Å². The highest BCUT2D eigenvalue weighted by atomic mass is 35.5. The number of para-hydroxylation sites is 2. The lowest BCUT2D eigenvalue weighted by molar-refractivity contribution is -0.384. The van der Waals surface area contributed by atoms with Crippen molar-refractivity contribution in [3.8, 4) is 5.75 Å². The molecule has 0 heterocycles. The first-order valence-electron chi connectivity index (χ1n) is 9.74. The van der Waals surface area contributed by atoms with Crippen LogP contribution in [0.1, 0.15) is 15.9 Å². The third kappa shape index (κ3) is 6.20. The van der Waals surface area contributed by atoms with Gasteiger partial charge in [-0.15, -0.1) is 0 Å². The van der Waals surface area contributed by atoms with Crippen molar-refractivity contribution in [3.05, 3.63) is 93.0 Å². The third-order valence-electron chi connectivity index (χ3n) is 4.58. The molecule has 0 aromatic heterocycles. The third-order valence-corrected chi connectivity index (χ3v) is 4.95. The fourth-order valence-corrected chi connectivity index (χ4v) is 3.15. The van der Waals surface area contributed by atoms with E-state index in [1.807, 2.05) is 6.07 Å². The molecule has 1 amide bonds. The molecule has 0 aliphatic heterocycles. The molecule has 0 saturated heterocycles. The van der Waals surface area contributed by atoms with E-state index in [9.17, 15) is 19.7 Å². The number of hydrogen-bond acceptors (Lipinski definition) is 7. The lowest BCUT2D eigenvalue weighted by Gasteiger charge is -2.13. The highest BCUT2D eigenvalue weighted by Gasteiger charge is 2.19. The molecule has 9 nitrogen and oxygen atoms in total. The number of methoxy groups -OCH3 is 1. The number of anilines is 2. The topological polar surface area (TPSA) is 120 Å². The van der Waals surface area contributed by atoms with Crippen molar-refractivity contribution in [2.24, 2.45) is 0 Å². The van der Waals surface area contributed by atoms with E-state index in [4.69, 9.17) is 21.1 Å². The molecule has 0 fully saturated rings. The van der Waals surface area contributed by atoms with Gasteiger partial charge in [0.15, 0.2) is 6.61 Å². The zero-order valence-corrected chi connectivity index (χ0v) is 18.3. The molecule has 2 N–H and O–H groups in total. The van der Waals surface area contributed by atoms with E-state index in [1.165, 1.54) is 19.2 Å². The minimum absolute atomic E-state index is 0.0821. The Bertz CT molecular complexity index is 1180. The number of hydrogen-bond donors (Lipinski definition) is 2. The number of halogens is 1. The Labute approximate surface area is 194 Å². The van der Waals surface area contributed by atoms with E-state index in [-0.39, 0.29) is 17.8 Å². The summed E-state index contributed by atoms with van der Waals surface area (Å²) in [4.78, 5) is 35.5. The summed E-state index contributed by atoms with van der Waals surface area (Å²) in [5.41, 5.74) is 1.12. The zero-order chi connectivity index (χ0) is 23.8. The van der Waals surface area contributed by atoms with Crippen molar-refractivity contribution < 1.29 is 24.0 Å². The number of carbonyl (C=O) groups is 2. The summed E-state index contributed by atoms with van der Waals surface area (Å²) >= 11 is 6.16. The van der Waals surface area contributed by atoms with Gasteiger partial charge in [0.05, 0.1) is 23.3 Å². The zero-order valence-electron chi connectivity index (χ0n) is 17.5. The lowest BCUT2D eigenvalue weighted by Crippen LogP contribution is -2.21. The van der Waals surface area contributed by atoms with Crippen molar-refractivity contribution in [1.82, 2.24) is 0 Å². The summed E-state index contributed by atoms with van der Waals surface area (Å²) in [6, 6.07) is 17.7. The van der Waals surface area contributed by atoms with Gasteiger partial charge in [-0.3, -0.25) is 14.9 Å². The predicted molar refractivity (Wildman–Crippen MR) is 124 cm³/mol. The van der Waals surface area contributed by atoms with Gasteiger partial charge in [0, 0.05) is 29.4 Å². The smallest absolute Gasteiger partial charge is 0.341 e. The molecular weight excluding hydrogens is 450 g/mol. The molecule has 3 aromatic carbocycles. The molecule has 170 valence electrons. The molecule has 0 unspecified atom stereocenters. The van der Waals surface area contributed by atoms with Crippen LogP contribution in [0.3, 0.4) is 0 Å². The van der Waals surface area contributed by atoms with Crippen molar-refractivity contribution in [2.45, 2.75) is 6.54 Å². The van der Waals surface area contributed by atoms with Crippen molar-refractivity contribution in [2.75, 3.05) is 24.4 Å². The molecule has 0 atom stereocenters. The van der Waals surface area contributed by atoms with Crippen LogP contribution in [0.4, 0.5) is 17.1 Å². The molecule has 0 radical (unpaired) electrons. The van der Waals surface area contributed by atoms with E-state index >= 15 is 0 Å². The number of rotatable bonds is 9.